The van der Waals surface area contributed by atoms with E-state index in [1.54, 1.807) is 18.2 Å². The van der Waals surface area contributed by atoms with Gasteiger partial charge in [-0.05, 0) is 19.9 Å². The fourth-order valence-corrected chi connectivity index (χ4v) is 1.63. The fourth-order valence-electron chi connectivity index (χ4n) is 1.63. The minimum Gasteiger partial charge on any atom is -0.475 e. The standard InChI is InChI=1S/C12H13NO4/c1-7(2)16-10-5-3-4-9(13-10)8-6-11(14)17-12(8)15/h3-5,7-8H,6H2,1-2H3. The third-order valence-corrected chi connectivity index (χ3v) is 2.33. The second kappa shape index (κ2) is 4.53. The zero-order valence-electron chi connectivity index (χ0n) is 9.67. The minimum atomic E-state index is -0.599. The van der Waals surface area contributed by atoms with E-state index >= 15 is 0 Å². The summed E-state index contributed by atoms with van der Waals surface area (Å²) in [5.41, 5.74) is 0.513. The van der Waals surface area contributed by atoms with Gasteiger partial charge in [-0.25, -0.2) is 4.98 Å². The van der Waals surface area contributed by atoms with Crippen LogP contribution in [0.25, 0.3) is 0 Å². The zero-order valence-corrected chi connectivity index (χ0v) is 9.67. The number of carbonyl (C=O) groups is 2. The summed E-state index contributed by atoms with van der Waals surface area (Å²) >= 11 is 0. The van der Waals surface area contributed by atoms with Crippen molar-refractivity contribution in [2.75, 3.05) is 0 Å². The summed E-state index contributed by atoms with van der Waals surface area (Å²) < 4.78 is 9.92. The van der Waals surface area contributed by atoms with Gasteiger partial charge < -0.3 is 9.47 Å². The lowest BCUT2D eigenvalue weighted by Gasteiger charge is -2.10. The highest BCUT2D eigenvalue weighted by atomic mass is 16.6. The molecule has 1 atom stereocenters. The maximum absolute atomic E-state index is 11.4. The molecule has 90 valence electrons. The van der Waals surface area contributed by atoms with Crippen molar-refractivity contribution in [3.05, 3.63) is 23.9 Å². The molecule has 0 spiro atoms. The summed E-state index contributed by atoms with van der Waals surface area (Å²) in [4.78, 5) is 26.6. The lowest BCUT2D eigenvalue weighted by molar-refractivity contribution is -0.152. The second-order valence-corrected chi connectivity index (χ2v) is 4.12. The van der Waals surface area contributed by atoms with Crippen molar-refractivity contribution in [1.82, 2.24) is 4.98 Å². The first-order chi connectivity index (χ1) is 8.06. The van der Waals surface area contributed by atoms with Crippen LogP contribution < -0.4 is 4.74 Å². The number of esters is 2. The molecule has 0 N–H and O–H groups in total. The molecule has 1 aromatic rings. The highest BCUT2D eigenvalue weighted by molar-refractivity contribution is 5.97. The Labute approximate surface area is 98.7 Å². The number of pyridine rings is 1. The smallest absolute Gasteiger partial charge is 0.323 e. The highest BCUT2D eigenvalue weighted by Gasteiger charge is 2.35. The van der Waals surface area contributed by atoms with Crippen LogP contribution in [0.15, 0.2) is 18.2 Å². The van der Waals surface area contributed by atoms with Crippen LogP contribution in [0.3, 0.4) is 0 Å². The Morgan fingerprint density at radius 2 is 2.18 bits per heavy atom. The molecule has 2 heterocycles. The van der Waals surface area contributed by atoms with Crippen LogP contribution in [0, 0.1) is 0 Å². The third kappa shape index (κ3) is 2.61. The van der Waals surface area contributed by atoms with Crippen molar-refractivity contribution in [1.29, 1.82) is 0 Å². The van der Waals surface area contributed by atoms with E-state index in [-0.39, 0.29) is 12.5 Å². The fraction of sp³-hybridized carbons (Fsp3) is 0.417. The average molecular weight is 235 g/mol. The predicted molar refractivity (Wildman–Crippen MR) is 58.5 cm³/mol. The van der Waals surface area contributed by atoms with Crippen LogP contribution in [0.2, 0.25) is 0 Å². The van der Waals surface area contributed by atoms with Crippen LogP contribution in [-0.2, 0) is 14.3 Å². The highest BCUT2D eigenvalue weighted by Crippen LogP contribution is 2.27. The minimum absolute atomic E-state index is 0.00918. The molecule has 1 aliphatic heterocycles. The summed E-state index contributed by atoms with van der Waals surface area (Å²) in [7, 11) is 0. The SMILES string of the molecule is CC(C)Oc1cccc(C2CC(=O)OC2=O)n1. The number of nitrogens with zero attached hydrogens (tertiary/aromatic N) is 1. The van der Waals surface area contributed by atoms with E-state index in [1.165, 1.54) is 0 Å². The predicted octanol–water partition coefficient (Wildman–Crippen LogP) is 1.43. The van der Waals surface area contributed by atoms with Gasteiger partial charge in [0.1, 0.15) is 5.92 Å². The number of cyclic esters (lactones) is 2. The summed E-state index contributed by atoms with van der Waals surface area (Å²) in [6.07, 6.45) is 0.0617. The zero-order chi connectivity index (χ0) is 12.4. The van der Waals surface area contributed by atoms with E-state index in [1.807, 2.05) is 13.8 Å². The van der Waals surface area contributed by atoms with Crippen molar-refractivity contribution < 1.29 is 19.1 Å². The van der Waals surface area contributed by atoms with Crippen LogP contribution in [0.4, 0.5) is 0 Å². The topological polar surface area (TPSA) is 65.5 Å². The molecule has 0 radical (unpaired) electrons. The summed E-state index contributed by atoms with van der Waals surface area (Å²) in [6.45, 7) is 3.78. The van der Waals surface area contributed by atoms with E-state index in [9.17, 15) is 9.59 Å². The van der Waals surface area contributed by atoms with Gasteiger partial charge in [-0.3, -0.25) is 9.59 Å². The summed E-state index contributed by atoms with van der Waals surface area (Å²) in [6, 6.07) is 5.15. The van der Waals surface area contributed by atoms with Gasteiger partial charge in [0.15, 0.2) is 0 Å². The Morgan fingerprint density at radius 3 is 2.76 bits per heavy atom. The van der Waals surface area contributed by atoms with Gasteiger partial charge in [0.2, 0.25) is 5.88 Å². The van der Waals surface area contributed by atoms with Crippen LogP contribution >= 0.6 is 0 Å². The Balaban J connectivity index is 2.21. The molecule has 1 unspecified atom stereocenters. The molecule has 0 aliphatic carbocycles. The van der Waals surface area contributed by atoms with Crippen LogP contribution in [0.5, 0.6) is 5.88 Å². The van der Waals surface area contributed by atoms with Gasteiger partial charge >= 0.3 is 11.9 Å². The van der Waals surface area contributed by atoms with Crippen LogP contribution in [-0.4, -0.2) is 23.0 Å². The molecule has 1 aromatic heterocycles. The van der Waals surface area contributed by atoms with E-state index in [0.717, 1.165) is 0 Å². The van der Waals surface area contributed by atoms with E-state index in [2.05, 4.69) is 9.72 Å². The van der Waals surface area contributed by atoms with Gasteiger partial charge in [-0.1, -0.05) is 6.07 Å². The average Bonchev–Trinajstić information content (AvgIpc) is 2.57. The number of hydrogen-bond acceptors (Lipinski definition) is 5. The number of hydrogen-bond donors (Lipinski definition) is 0. The molecule has 5 nitrogen and oxygen atoms in total. The number of ether oxygens (including phenoxy) is 2. The largest absolute Gasteiger partial charge is 0.475 e. The van der Waals surface area contributed by atoms with Crippen molar-refractivity contribution in [3.8, 4) is 5.88 Å². The Morgan fingerprint density at radius 1 is 1.41 bits per heavy atom. The summed E-state index contributed by atoms with van der Waals surface area (Å²) in [5, 5.41) is 0. The Hall–Kier alpha value is -1.91. The van der Waals surface area contributed by atoms with E-state index < -0.39 is 17.9 Å². The van der Waals surface area contributed by atoms with E-state index in [0.29, 0.717) is 11.6 Å². The van der Waals surface area contributed by atoms with Gasteiger partial charge in [-0.15, -0.1) is 0 Å². The van der Waals surface area contributed by atoms with Gasteiger partial charge in [0.25, 0.3) is 0 Å². The molecule has 2 rings (SSSR count). The maximum Gasteiger partial charge on any atom is 0.323 e. The van der Waals surface area contributed by atoms with Gasteiger partial charge in [0.05, 0.1) is 18.2 Å². The molecular formula is C12H13NO4. The summed E-state index contributed by atoms with van der Waals surface area (Å²) in [5.74, 6) is -1.19. The first-order valence-electron chi connectivity index (χ1n) is 5.44. The quantitative estimate of drug-likeness (QED) is 0.585. The maximum atomic E-state index is 11.4. The molecule has 5 heteroatoms. The molecule has 17 heavy (non-hydrogen) atoms. The van der Waals surface area contributed by atoms with Crippen molar-refractivity contribution in [3.63, 3.8) is 0 Å². The third-order valence-electron chi connectivity index (χ3n) is 2.33. The molecule has 0 amide bonds. The Kier molecular flexibility index (Phi) is 3.08. The molecule has 1 fully saturated rings. The second-order valence-electron chi connectivity index (χ2n) is 4.12. The number of aromatic nitrogens is 1. The van der Waals surface area contributed by atoms with Crippen molar-refractivity contribution >= 4 is 11.9 Å². The molecular weight excluding hydrogens is 222 g/mol. The van der Waals surface area contributed by atoms with Crippen molar-refractivity contribution in [2.24, 2.45) is 0 Å². The van der Waals surface area contributed by atoms with Crippen LogP contribution in [0.1, 0.15) is 31.9 Å². The molecule has 0 aromatic carbocycles. The first-order valence-corrected chi connectivity index (χ1v) is 5.44. The van der Waals surface area contributed by atoms with Gasteiger partial charge in [0, 0.05) is 6.07 Å². The lowest BCUT2D eigenvalue weighted by Crippen LogP contribution is -2.11. The lowest BCUT2D eigenvalue weighted by atomic mass is 10.0. The Bertz CT molecular complexity index is 456. The van der Waals surface area contributed by atoms with Crippen molar-refractivity contribution in [2.45, 2.75) is 32.3 Å². The van der Waals surface area contributed by atoms with Gasteiger partial charge in [-0.2, -0.15) is 0 Å². The number of rotatable bonds is 3. The molecule has 0 saturated carbocycles. The normalized spacial score (nSPS) is 19.6. The molecule has 0 bridgehead atoms. The monoisotopic (exact) mass is 235 g/mol. The first kappa shape index (κ1) is 11.6. The molecule has 1 aliphatic rings. The van der Waals surface area contributed by atoms with E-state index in [4.69, 9.17) is 4.74 Å². The molecule has 1 saturated heterocycles. The number of carbonyl (C=O) groups excluding carboxylic acids is 2.